The topological polar surface area (TPSA) is 69.6 Å². The van der Waals surface area contributed by atoms with E-state index in [1.54, 1.807) is 12.4 Å². The molecule has 0 aromatic carbocycles. The predicted octanol–water partition coefficient (Wildman–Crippen LogP) is 1.70. The Bertz CT molecular complexity index is 670. The lowest BCUT2D eigenvalue weighted by molar-refractivity contribution is -0.123. The maximum absolute atomic E-state index is 12.8. The second-order valence-corrected chi connectivity index (χ2v) is 8.21. The van der Waals surface area contributed by atoms with E-state index in [0.717, 1.165) is 45.6 Å². The molecule has 3 heterocycles. The lowest BCUT2D eigenvalue weighted by Gasteiger charge is -2.34. The minimum Gasteiger partial charge on any atom is -0.355 e. The van der Waals surface area contributed by atoms with Crippen molar-refractivity contribution in [1.82, 2.24) is 19.8 Å². The second-order valence-electron chi connectivity index (χ2n) is 8.21. The minimum absolute atomic E-state index is 0.0538. The van der Waals surface area contributed by atoms with Crippen molar-refractivity contribution in [2.75, 3.05) is 51.2 Å². The summed E-state index contributed by atoms with van der Waals surface area (Å²) in [6, 6.07) is 0. The van der Waals surface area contributed by atoms with Crippen molar-refractivity contribution in [2.45, 2.75) is 33.1 Å². The van der Waals surface area contributed by atoms with Crippen molar-refractivity contribution >= 4 is 17.5 Å². The Morgan fingerprint density at radius 1 is 1.15 bits per heavy atom. The molecule has 1 unspecified atom stereocenters. The number of anilines is 1. The molecule has 27 heavy (non-hydrogen) atoms. The van der Waals surface area contributed by atoms with Gasteiger partial charge in [-0.05, 0) is 25.8 Å². The summed E-state index contributed by atoms with van der Waals surface area (Å²) >= 11 is 0. The highest BCUT2D eigenvalue weighted by atomic mass is 16.2. The molecule has 0 bridgehead atoms. The van der Waals surface area contributed by atoms with Gasteiger partial charge in [-0.1, -0.05) is 13.8 Å². The molecule has 2 saturated heterocycles. The Balaban J connectivity index is 1.67. The van der Waals surface area contributed by atoms with Gasteiger partial charge in [0.2, 0.25) is 0 Å². The lowest BCUT2D eigenvalue weighted by atomic mass is 9.89. The maximum atomic E-state index is 12.8. The summed E-state index contributed by atoms with van der Waals surface area (Å²) in [5.74, 6) is 1.43. The first-order valence-corrected chi connectivity index (χ1v) is 10.0. The number of hydrogen-bond acceptors (Lipinski definition) is 6. The van der Waals surface area contributed by atoms with Crippen LogP contribution in [0.15, 0.2) is 12.4 Å². The summed E-state index contributed by atoms with van der Waals surface area (Å²) in [6.07, 6.45) is 5.79. The average Bonchev–Trinajstić information content (AvgIpc) is 2.68. The molecule has 0 saturated carbocycles. The van der Waals surface area contributed by atoms with Gasteiger partial charge in [0.1, 0.15) is 17.3 Å². The van der Waals surface area contributed by atoms with Crippen molar-refractivity contribution in [3.05, 3.63) is 18.1 Å². The number of piperidine rings is 1. The van der Waals surface area contributed by atoms with Gasteiger partial charge in [-0.25, -0.2) is 4.98 Å². The SMILES string of the molecule is CC(C)CC(=O)C1CCCN(c2cncc(C(=O)N3CCN(C)CC3)n2)C1. The van der Waals surface area contributed by atoms with Gasteiger partial charge in [0.25, 0.3) is 5.91 Å². The smallest absolute Gasteiger partial charge is 0.274 e. The van der Waals surface area contributed by atoms with E-state index in [2.05, 4.69) is 40.7 Å². The van der Waals surface area contributed by atoms with Gasteiger partial charge in [0.15, 0.2) is 0 Å². The summed E-state index contributed by atoms with van der Waals surface area (Å²) in [4.78, 5) is 40.3. The number of nitrogens with zero attached hydrogens (tertiary/aromatic N) is 5. The molecule has 2 aliphatic heterocycles. The van der Waals surface area contributed by atoms with Gasteiger partial charge in [-0.2, -0.15) is 0 Å². The van der Waals surface area contributed by atoms with Crippen LogP contribution in [0.5, 0.6) is 0 Å². The maximum Gasteiger partial charge on any atom is 0.274 e. The van der Waals surface area contributed by atoms with Crippen molar-refractivity contribution in [3.8, 4) is 0 Å². The van der Waals surface area contributed by atoms with Gasteiger partial charge in [0.05, 0.1) is 12.4 Å². The molecule has 1 amide bonds. The van der Waals surface area contributed by atoms with Crippen LogP contribution in [0.2, 0.25) is 0 Å². The van der Waals surface area contributed by atoms with Crippen LogP contribution in [-0.4, -0.2) is 77.8 Å². The van der Waals surface area contributed by atoms with Gasteiger partial charge >= 0.3 is 0 Å². The molecule has 1 atom stereocenters. The first-order chi connectivity index (χ1) is 12.9. The van der Waals surface area contributed by atoms with Crippen LogP contribution >= 0.6 is 0 Å². The second kappa shape index (κ2) is 8.78. The molecule has 0 spiro atoms. The van der Waals surface area contributed by atoms with Crippen LogP contribution in [-0.2, 0) is 4.79 Å². The zero-order valence-corrected chi connectivity index (χ0v) is 16.7. The van der Waals surface area contributed by atoms with Crippen molar-refractivity contribution < 1.29 is 9.59 Å². The Labute approximate surface area is 161 Å². The quantitative estimate of drug-likeness (QED) is 0.782. The Morgan fingerprint density at radius 3 is 2.59 bits per heavy atom. The largest absolute Gasteiger partial charge is 0.355 e. The number of carbonyl (C=O) groups excluding carboxylic acids is 2. The monoisotopic (exact) mass is 373 g/mol. The number of amides is 1. The van der Waals surface area contributed by atoms with Gasteiger partial charge in [-0.3, -0.25) is 14.6 Å². The predicted molar refractivity (Wildman–Crippen MR) is 105 cm³/mol. The van der Waals surface area contributed by atoms with E-state index in [0.29, 0.717) is 36.2 Å². The third-order valence-corrected chi connectivity index (χ3v) is 5.44. The van der Waals surface area contributed by atoms with Gasteiger partial charge in [0, 0.05) is 51.6 Å². The third-order valence-electron chi connectivity index (χ3n) is 5.44. The summed E-state index contributed by atoms with van der Waals surface area (Å²) in [5, 5.41) is 0. The lowest BCUT2D eigenvalue weighted by Crippen LogP contribution is -2.47. The fourth-order valence-corrected chi connectivity index (χ4v) is 3.80. The molecule has 1 aromatic heterocycles. The Kier molecular flexibility index (Phi) is 6.42. The minimum atomic E-state index is -0.0538. The molecule has 3 rings (SSSR count). The molecule has 2 aliphatic rings. The van der Waals surface area contributed by atoms with Gasteiger partial charge < -0.3 is 14.7 Å². The number of rotatable bonds is 5. The number of aromatic nitrogens is 2. The molecular weight excluding hydrogens is 342 g/mol. The highest BCUT2D eigenvalue weighted by Gasteiger charge is 2.28. The van der Waals surface area contributed by atoms with Crippen molar-refractivity contribution in [1.29, 1.82) is 0 Å². The first-order valence-electron chi connectivity index (χ1n) is 10.0. The fraction of sp³-hybridized carbons (Fsp3) is 0.700. The first kappa shape index (κ1) is 19.7. The molecule has 1 aromatic rings. The summed E-state index contributed by atoms with van der Waals surface area (Å²) in [7, 11) is 2.07. The van der Waals surface area contributed by atoms with E-state index in [9.17, 15) is 9.59 Å². The zero-order chi connectivity index (χ0) is 19.4. The molecule has 0 aliphatic carbocycles. The highest BCUT2D eigenvalue weighted by molar-refractivity contribution is 5.92. The van der Waals surface area contributed by atoms with Crippen LogP contribution in [0.25, 0.3) is 0 Å². The van der Waals surface area contributed by atoms with E-state index >= 15 is 0 Å². The standard InChI is InChI=1S/C20H31N5O2/c1-15(2)11-18(26)16-5-4-6-25(14-16)19-13-21-12-17(22-19)20(27)24-9-7-23(3)8-10-24/h12-13,15-16H,4-11,14H2,1-3H3. The molecule has 7 nitrogen and oxygen atoms in total. The number of Topliss-reactive ketones (excluding diaryl/α,β-unsaturated/α-hetero) is 1. The number of likely N-dealkylation sites (N-methyl/N-ethyl adjacent to an activating group) is 1. The van der Waals surface area contributed by atoms with Gasteiger partial charge in [-0.15, -0.1) is 0 Å². The van der Waals surface area contributed by atoms with Crippen LogP contribution in [0.1, 0.15) is 43.6 Å². The van der Waals surface area contributed by atoms with Crippen LogP contribution in [0, 0.1) is 11.8 Å². The van der Waals surface area contributed by atoms with Crippen molar-refractivity contribution in [2.24, 2.45) is 11.8 Å². The summed E-state index contributed by atoms with van der Waals surface area (Å²) in [5.41, 5.74) is 0.396. The highest BCUT2D eigenvalue weighted by Crippen LogP contribution is 2.24. The zero-order valence-electron chi connectivity index (χ0n) is 16.7. The van der Waals surface area contributed by atoms with E-state index in [-0.39, 0.29) is 11.8 Å². The van der Waals surface area contributed by atoms with Crippen molar-refractivity contribution in [3.63, 3.8) is 0 Å². The molecular formula is C20H31N5O2. The van der Waals surface area contributed by atoms with E-state index in [4.69, 9.17) is 0 Å². The Hall–Kier alpha value is -2.02. The molecule has 2 fully saturated rings. The number of carbonyl (C=O) groups is 2. The normalized spacial score (nSPS) is 21.6. The van der Waals surface area contributed by atoms with Crippen LogP contribution in [0.4, 0.5) is 5.82 Å². The van der Waals surface area contributed by atoms with E-state index < -0.39 is 0 Å². The molecule has 148 valence electrons. The molecule has 0 radical (unpaired) electrons. The Morgan fingerprint density at radius 2 is 1.89 bits per heavy atom. The van der Waals surface area contributed by atoms with E-state index in [1.165, 1.54) is 0 Å². The summed E-state index contributed by atoms with van der Waals surface area (Å²) < 4.78 is 0. The summed E-state index contributed by atoms with van der Waals surface area (Å²) in [6.45, 7) is 8.89. The fourth-order valence-electron chi connectivity index (χ4n) is 3.80. The number of hydrogen-bond donors (Lipinski definition) is 0. The molecule has 0 N–H and O–H groups in total. The molecule has 7 heteroatoms. The number of piperazine rings is 1. The van der Waals surface area contributed by atoms with Crippen LogP contribution < -0.4 is 4.90 Å². The average molecular weight is 374 g/mol. The van der Waals surface area contributed by atoms with Crippen LogP contribution in [0.3, 0.4) is 0 Å². The van der Waals surface area contributed by atoms with E-state index in [1.807, 2.05) is 4.90 Å². The number of ketones is 1. The third kappa shape index (κ3) is 5.03.